The molecule has 26 heavy (non-hydrogen) atoms. The van der Waals surface area contributed by atoms with E-state index in [1.165, 1.54) is 16.4 Å². The van der Waals surface area contributed by atoms with Crippen LogP contribution >= 0.6 is 0 Å². The number of nitrogens with one attached hydrogen (secondary N) is 1. The fourth-order valence-corrected chi connectivity index (χ4v) is 4.72. The highest BCUT2D eigenvalue weighted by molar-refractivity contribution is 7.89. The van der Waals surface area contributed by atoms with Gasteiger partial charge in [-0.2, -0.15) is 4.31 Å². The van der Waals surface area contributed by atoms with Crippen molar-refractivity contribution in [1.82, 2.24) is 9.62 Å². The Balaban J connectivity index is 2.07. The molecule has 0 unspecified atom stereocenters. The van der Waals surface area contributed by atoms with Crippen LogP contribution in [0.15, 0.2) is 23.1 Å². The zero-order chi connectivity index (χ0) is 19.3. The largest absolute Gasteiger partial charge is 0.356 e. The SMILES string of the molecule is CCCCNC(=O)C1CCN(S(=O)(=O)c2cc([N+](=O)[O-])ccc2C)CC1. The highest BCUT2D eigenvalue weighted by Crippen LogP contribution is 2.28. The molecule has 0 spiro atoms. The van der Waals surface area contributed by atoms with E-state index < -0.39 is 14.9 Å². The molecule has 0 saturated carbocycles. The van der Waals surface area contributed by atoms with E-state index in [0.29, 0.717) is 24.9 Å². The second-order valence-electron chi connectivity index (χ2n) is 6.53. The first kappa shape index (κ1) is 20.3. The number of nitrogens with zero attached hydrogens (tertiary/aromatic N) is 2. The number of sulfonamides is 1. The lowest BCUT2D eigenvalue weighted by Gasteiger charge is -2.30. The number of carbonyl (C=O) groups excluding carboxylic acids is 1. The number of benzene rings is 1. The topological polar surface area (TPSA) is 110 Å². The zero-order valence-electron chi connectivity index (χ0n) is 15.1. The molecule has 0 bridgehead atoms. The zero-order valence-corrected chi connectivity index (χ0v) is 15.9. The van der Waals surface area contributed by atoms with Crippen LogP contribution in [0.1, 0.15) is 38.2 Å². The lowest BCUT2D eigenvalue weighted by Crippen LogP contribution is -2.43. The van der Waals surface area contributed by atoms with Crippen molar-refractivity contribution in [3.63, 3.8) is 0 Å². The van der Waals surface area contributed by atoms with Gasteiger partial charge in [-0.25, -0.2) is 8.42 Å². The Bertz CT molecular complexity index is 771. The predicted octanol–water partition coefficient (Wildman–Crippen LogP) is 2.22. The maximum Gasteiger partial charge on any atom is 0.270 e. The van der Waals surface area contributed by atoms with Crippen LogP contribution in [-0.2, 0) is 14.8 Å². The molecule has 2 rings (SSSR count). The average molecular weight is 383 g/mol. The van der Waals surface area contributed by atoms with E-state index in [-0.39, 0.29) is 35.5 Å². The first-order valence-corrected chi connectivity index (χ1v) is 10.2. The van der Waals surface area contributed by atoms with Crippen LogP contribution in [0.5, 0.6) is 0 Å². The second kappa shape index (κ2) is 8.59. The number of nitro benzene ring substituents is 1. The summed E-state index contributed by atoms with van der Waals surface area (Å²) < 4.78 is 27.1. The van der Waals surface area contributed by atoms with Crippen LogP contribution in [-0.4, -0.2) is 43.2 Å². The molecule has 0 atom stereocenters. The Morgan fingerprint density at radius 2 is 2.00 bits per heavy atom. The summed E-state index contributed by atoms with van der Waals surface area (Å²) in [7, 11) is -3.82. The number of hydrogen-bond donors (Lipinski definition) is 1. The Hall–Kier alpha value is -2.00. The molecule has 0 aliphatic carbocycles. The summed E-state index contributed by atoms with van der Waals surface area (Å²) in [4.78, 5) is 22.4. The van der Waals surface area contributed by atoms with E-state index in [1.807, 2.05) is 6.92 Å². The van der Waals surface area contributed by atoms with Crippen LogP contribution in [0, 0.1) is 23.0 Å². The van der Waals surface area contributed by atoms with Crippen molar-refractivity contribution in [2.45, 2.75) is 44.4 Å². The number of hydrogen-bond acceptors (Lipinski definition) is 5. The number of unbranched alkanes of at least 4 members (excludes halogenated alkanes) is 1. The molecule has 1 aliphatic rings. The minimum Gasteiger partial charge on any atom is -0.356 e. The molecule has 1 aromatic rings. The van der Waals surface area contributed by atoms with Gasteiger partial charge in [-0.1, -0.05) is 19.4 Å². The summed E-state index contributed by atoms with van der Waals surface area (Å²) in [5.41, 5.74) is 0.217. The van der Waals surface area contributed by atoms with Crippen molar-refractivity contribution >= 4 is 21.6 Å². The Labute approximate surface area is 153 Å². The maximum atomic E-state index is 12.9. The monoisotopic (exact) mass is 383 g/mol. The van der Waals surface area contributed by atoms with E-state index in [0.717, 1.165) is 18.9 Å². The van der Waals surface area contributed by atoms with Crippen LogP contribution in [0.3, 0.4) is 0 Å². The van der Waals surface area contributed by atoms with E-state index in [4.69, 9.17) is 0 Å². The molecule has 1 amide bonds. The van der Waals surface area contributed by atoms with Gasteiger partial charge < -0.3 is 5.32 Å². The van der Waals surface area contributed by atoms with Crippen molar-refractivity contribution in [1.29, 1.82) is 0 Å². The first-order valence-electron chi connectivity index (χ1n) is 8.80. The summed E-state index contributed by atoms with van der Waals surface area (Å²) in [6.07, 6.45) is 2.82. The lowest BCUT2D eigenvalue weighted by atomic mass is 9.97. The normalized spacial score (nSPS) is 16.4. The van der Waals surface area contributed by atoms with E-state index in [2.05, 4.69) is 5.32 Å². The minimum atomic E-state index is -3.82. The molecule has 1 aromatic carbocycles. The highest BCUT2D eigenvalue weighted by atomic mass is 32.2. The Morgan fingerprint density at radius 3 is 2.58 bits per heavy atom. The summed E-state index contributed by atoms with van der Waals surface area (Å²) in [6.45, 7) is 4.77. The molecule has 1 saturated heterocycles. The Kier molecular flexibility index (Phi) is 6.71. The second-order valence-corrected chi connectivity index (χ2v) is 8.44. The molecule has 0 aromatic heterocycles. The fourth-order valence-electron chi connectivity index (χ4n) is 3.01. The van der Waals surface area contributed by atoms with Gasteiger partial charge in [0.2, 0.25) is 15.9 Å². The third-order valence-corrected chi connectivity index (χ3v) is 6.70. The Morgan fingerprint density at radius 1 is 1.35 bits per heavy atom. The highest BCUT2D eigenvalue weighted by Gasteiger charge is 2.33. The third kappa shape index (κ3) is 4.59. The van der Waals surface area contributed by atoms with Crippen molar-refractivity contribution in [2.75, 3.05) is 19.6 Å². The third-order valence-electron chi connectivity index (χ3n) is 4.65. The number of aryl methyl sites for hydroxylation is 1. The number of rotatable bonds is 7. The first-order chi connectivity index (χ1) is 12.3. The standard InChI is InChI=1S/C17H25N3O5S/c1-3-4-9-18-17(21)14-7-10-19(11-8-14)26(24,25)16-12-15(20(22)23)6-5-13(16)2/h5-6,12,14H,3-4,7-11H2,1-2H3,(H,18,21). The van der Waals surface area contributed by atoms with Gasteiger partial charge in [-0.15, -0.1) is 0 Å². The van der Waals surface area contributed by atoms with Crippen LogP contribution < -0.4 is 5.32 Å². The van der Waals surface area contributed by atoms with E-state index in [9.17, 15) is 23.3 Å². The molecule has 0 radical (unpaired) electrons. The van der Waals surface area contributed by atoms with Crippen LogP contribution in [0.2, 0.25) is 0 Å². The van der Waals surface area contributed by atoms with Gasteiger partial charge in [-0.3, -0.25) is 14.9 Å². The van der Waals surface area contributed by atoms with Crippen molar-refractivity contribution < 1.29 is 18.1 Å². The van der Waals surface area contributed by atoms with Crippen LogP contribution in [0.4, 0.5) is 5.69 Å². The fraction of sp³-hybridized carbons (Fsp3) is 0.588. The van der Waals surface area contributed by atoms with Crippen LogP contribution in [0.25, 0.3) is 0 Å². The summed E-state index contributed by atoms with van der Waals surface area (Å²) >= 11 is 0. The van der Waals surface area contributed by atoms with Crippen molar-refractivity contribution in [3.8, 4) is 0 Å². The molecule has 1 fully saturated rings. The summed E-state index contributed by atoms with van der Waals surface area (Å²) in [5, 5.41) is 13.8. The molecule has 8 nitrogen and oxygen atoms in total. The molecule has 1 aliphatic heterocycles. The van der Waals surface area contributed by atoms with Gasteiger partial charge in [0.25, 0.3) is 5.69 Å². The van der Waals surface area contributed by atoms with Gasteiger partial charge in [0.05, 0.1) is 9.82 Å². The number of carbonyl (C=O) groups is 1. The van der Waals surface area contributed by atoms with Gasteiger partial charge >= 0.3 is 0 Å². The van der Waals surface area contributed by atoms with Crippen molar-refractivity contribution in [3.05, 3.63) is 33.9 Å². The van der Waals surface area contributed by atoms with Gasteiger partial charge in [-0.05, 0) is 31.7 Å². The quantitative estimate of drug-likeness (QED) is 0.441. The minimum absolute atomic E-state index is 0.0259. The molecule has 1 heterocycles. The number of nitro groups is 1. The summed E-state index contributed by atoms with van der Waals surface area (Å²) in [6, 6.07) is 3.84. The molecular formula is C17H25N3O5S. The molecule has 9 heteroatoms. The molecule has 144 valence electrons. The summed E-state index contributed by atoms with van der Waals surface area (Å²) in [5.74, 6) is -0.216. The van der Waals surface area contributed by atoms with E-state index >= 15 is 0 Å². The average Bonchev–Trinajstić information content (AvgIpc) is 2.62. The van der Waals surface area contributed by atoms with Crippen molar-refractivity contribution in [2.24, 2.45) is 5.92 Å². The molecule has 1 N–H and O–H groups in total. The van der Waals surface area contributed by atoms with Gasteiger partial charge in [0.15, 0.2) is 0 Å². The number of non-ortho nitro benzene ring substituents is 1. The van der Waals surface area contributed by atoms with Gasteiger partial charge in [0, 0.05) is 37.7 Å². The number of piperidine rings is 1. The molecular weight excluding hydrogens is 358 g/mol. The lowest BCUT2D eigenvalue weighted by molar-refractivity contribution is -0.385. The maximum absolute atomic E-state index is 12.9. The van der Waals surface area contributed by atoms with E-state index in [1.54, 1.807) is 6.92 Å². The smallest absolute Gasteiger partial charge is 0.270 e. The predicted molar refractivity (Wildman–Crippen MR) is 97.2 cm³/mol. The van der Waals surface area contributed by atoms with Gasteiger partial charge in [0.1, 0.15) is 0 Å². The number of amides is 1.